The fourth-order valence-electron chi connectivity index (χ4n) is 5.07. The van der Waals surface area contributed by atoms with Crippen molar-refractivity contribution >= 4 is 43.5 Å². The van der Waals surface area contributed by atoms with Gasteiger partial charge in [-0.25, -0.2) is 0 Å². The van der Waals surface area contributed by atoms with Crippen LogP contribution in [0.4, 0.5) is 0 Å². The molecule has 0 N–H and O–H groups in total. The van der Waals surface area contributed by atoms with Gasteiger partial charge >= 0.3 is 0 Å². The smallest absolute Gasteiger partial charge is 0.136 e. The van der Waals surface area contributed by atoms with Crippen LogP contribution in [-0.4, -0.2) is 0 Å². The molecule has 0 saturated carbocycles. The van der Waals surface area contributed by atoms with Gasteiger partial charge in [-0.2, -0.15) is 0 Å². The molecule has 0 fully saturated rings. The van der Waals surface area contributed by atoms with Gasteiger partial charge in [0.25, 0.3) is 0 Å². The molecule has 0 radical (unpaired) electrons. The highest BCUT2D eigenvalue weighted by molar-refractivity contribution is 6.21. The van der Waals surface area contributed by atoms with Gasteiger partial charge in [0.15, 0.2) is 0 Å². The maximum Gasteiger partial charge on any atom is 0.136 e. The maximum atomic E-state index is 9.73. The monoisotopic (exact) mass is 513 g/mol. The number of hydrogen-bond acceptors (Lipinski definition) is 1. The first-order chi connectivity index (χ1) is 26.4. The van der Waals surface area contributed by atoms with Crippen molar-refractivity contribution in [1.29, 1.82) is 0 Å². The topological polar surface area (TPSA) is 13.1 Å². The van der Waals surface area contributed by atoms with E-state index in [9.17, 15) is 5.48 Å². The second-order valence-corrected chi connectivity index (χ2v) is 8.77. The van der Waals surface area contributed by atoms with E-state index in [-0.39, 0.29) is 77.3 Å². The van der Waals surface area contributed by atoms with Crippen LogP contribution in [0, 0.1) is 0 Å². The van der Waals surface area contributed by atoms with E-state index in [1.807, 2.05) is 0 Å². The summed E-state index contributed by atoms with van der Waals surface area (Å²) >= 11 is 0. The average molecular weight is 514 g/mol. The van der Waals surface area contributed by atoms with Crippen molar-refractivity contribution in [1.82, 2.24) is 0 Å². The molecule has 0 aliphatic carbocycles. The first kappa shape index (κ1) is 10.9. The SMILES string of the molecule is [2H]c1ccc(-c2c3c([2H])c([2H])c([2H])c([2H])c3c(-c3c([2H])c([2H])c([2H])c(-c4cccc5oc6c([2H])c([2H])c([2H])c([2H])c6c45)c3[2H])c3c([2H])c([2H])c([2H])c([2H])c23)cc1. The number of hydrogen-bond donors (Lipinski definition) is 0. The Bertz CT molecular complexity index is 3020. The van der Waals surface area contributed by atoms with Crippen molar-refractivity contribution in [3.8, 4) is 33.4 Å². The lowest BCUT2D eigenvalue weighted by Gasteiger charge is -2.18. The molecule has 0 aliphatic heterocycles. The molecule has 8 rings (SSSR count). The fraction of sp³-hybridized carbons (Fsp3) is 0. The van der Waals surface area contributed by atoms with E-state index in [1.165, 1.54) is 42.5 Å². The minimum Gasteiger partial charge on any atom is -0.456 e. The van der Waals surface area contributed by atoms with Gasteiger partial charge in [0, 0.05) is 10.8 Å². The van der Waals surface area contributed by atoms with Gasteiger partial charge in [-0.1, -0.05) is 127 Å². The average Bonchev–Trinajstić information content (AvgIpc) is 3.58. The Morgan fingerprint density at radius 1 is 0.436 bits per heavy atom. The molecule has 8 aromatic rings. The van der Waals surface area contributed by atoms with Crippen molar-refractivity contribution < 1.29 is 27.7 Å². The number of para-hydroxylation sites is 1. The quantitative estimate of drug-likeness (QED) is 0.214. The third-order valence-electron chi connectivity index (χ3n) is 6.67. The summed E-state index contributed by atoms with van der Waals surface area (Å²) in [7, 11) is 0. The first-order valence-electron chi connectivity index (χ1n) is 20.5. The molecule has 1 heteroatoms. The van der Waals surface area contributed by atoms with Crippen molar-refractivity contribution in [3.05, 3.63) is 145 Å². The number of furan rings is 1. The lowest BCUT2D eigenvalue weighted by molar-refractivity contribution is 0.669. The highest BCUT2D eigenvalue weighted by Gasteiger charge is 2.17. The van der Waals surface area contributed by atoms with Crippen LogP contribution in [0.5, 0.6) is 0 Å². The Morgan fingerprint density at radius 3 is 1.72 bits per heavy atom. The molecule has 0 atom stereocenters. The van der Waals surface area contributed by atoms with Gasteiger partial charge in [0.1, 0.15) is 11.2 Å². The molecule has 0 aliphatic rings. The normalized spacial score (nSPS) is 17.7. The Balaban J connectivity index is 1.66. The highest BCUT2D eigenvalue weighted by atomic mass is 16.3. The van der Waals surface area contributed by atoms with Crippen LogP contribution in [0.15, 0.2) is 150 Å². The van der Waals surface area contributed by atoms with Crippen LogP contribution in [0.25, 0.3) is 76.9 Å². The summed E-state index contributed by atoms with van der Waals surface area (Å²) in [5.74, 6) is 0. The third-order valence-corrected chi connectivity index (χ3v) is 6.67. The van der Waals surface area contributed by atoms with Gasteiger partial charge in [-0.15, -0.1) is 0 Å². The largest absolute Gasteiger partial charge is 0.456 e. The van der Waals surface area contributed by atoms with Crippen molar-refractivity contribution in [3.63, 3.8) is 0 Å². The molecule has 0 saturated heterocycles. The Morgan fingerprint density at radius 2 is 1.03 bits per heavy atom. The van der Waals surface area contributed by atoms with Crippen molar-refractivity contribution in [2.24, 2.45) is 0 Å². The highest BCUT2D eigenvalue weighted by Crippen LogP contribution is 2.44. The molecule has 39 heavy (non-hydrogen) atoms. The fourth-order valence-corrected chi connectivity index (χ4v) is 5.07. The Labute approximate surface area is 250 Å². The molecule has 1 aromatic heterocycles. The van der Waals surface area contributed by atoms with E-state index < -0.39 is 102 Å². The molecular weight excluding hydrogens is 472 g/mol. The molecule has 0 bridgehead atoms. The number of benzene rings is 7. The first-order valence-corrected chi connectivity index (χ1v) is 12.0. The van der Waals surface area contributed by atoms with Gasteiger partial charge < -0.3 is 4.42 Å². The molecule has 0 spiro atoms. The van der Waals surface area contributed by atoms with E-state index in [0.29, 0.717) is 0 Å². The zero-order chi connectivity index (χ0) is 40.6. The molecule has 0 amide bonds. The van der Waals surface area contributed by atoms with E-state index in [4.69, 9.17) is 22.2 Å². The summed E-state index contributed by atoms with van der Waals surface area (Å²) in [6.45, 7) is 0. The second-order valence-electron chi connectivity index (χ2n) is 8.77. The van der Waals surface area contributed by atoms with E-state index in [2.05, 4.69) is 0 Å². The molecule has 1 heterocycles. The molecule has 0 unspecified atom stereocenters. The van der Waals surface area contributed by atoms with Crippen LogP contribution >= 0.6 is 0 Å². The summed E-state index contributed by atoms with van der Waals surface area (Å²) < 4.78 is 156. The molecule has 1 nitrogen and oxygen atoms in total. The van der Waals surface area contributed by atoms with E-state index in [1.54, 1.807) is 0 Å². The Kier molecular flexibility index (Phi) is 2.44. The van der Waals surface area contributed by atoms with Crippen LogP contribution < -0.4 is 0 Å². The maximum absolute atomic E-state index is 9.73. The zero-order valence-corrected chi connectivity index (χ0v) is 19.9. The number of fused-ring (bicyclic) bond motifs is 5. The summed E-state index contributed by atoms with van der Waals surface area (Å²) in [6.07, 6.45) is 0. The summed E-state index contributed by atoms with van der Waals surface area (Å²) in [5.41, 5.74) is -1.03. The van der Waals surface area contributed by atoms with Crippen LogP contribution in [0.3, 0.4) is 0 Å². The molecule has 182 valence electrons. The van der Waals surface area contributed by atoms with Crippen molar-refractivity contribution in [2.45, 2.75) is 0 Å². The standard InChI is InChI=1S/C38H24O/c1-2-12-25(13-3-1)36-29-16-4-6-18-31(29)37(32-19-7-5-17-30(32)36)27-15-10-14-26(24-27)28-21-11-23-35-38(28)33-20-8-9-22-34(33)39-35/h1-24H/i1D,4D,5D,6D,7D,8D,9D,10D,14D,15D,16D,17D,18D,19D,20D,22D,24D. The second kappa shape index (κ2) is 8.72. The minimum absolute atomic E-state index is 0.0111. The van der Waals surface area contributed by atoms with Gasteiger partial charge in [-0.3, -0.25) is 0 Å². The predicted octanol–water partition coefficient (Wildman–Crippen LogP) is 10.9. The van der Waals surface area contributed by atoms with E-state index in [0.717, 1.165) is 0 Å². The minimum atomic E-state index is -0.747. The number of rotatable bonds is 3. The van der Waals surface area contributed by atoms with Gasteiger partial charge in [-0.05, 0) is 73.1 Å². The van der Waals surface area contributed by atoms with E-state index >= 15 is 0 Å². The van der Waals surface area contributed by atoms with Crippen LogP contribution in [0.2, 0.25) is 0 Å². The predicted molar refractivity (Wildman–Crippen MR) is 165 cm³/mol. The van der Waals surface area contributed by atoms with Crippen molar-refractivity contribution in [2.75, 3.05) is 0 Å². The zero-order valence-electron chi connectivity index (χ0n) is 36.9. The Hall–Kier alpha value is -5.14. The van der Waals surface area contributed by atoms with Gasteiger partial charge in [0.05, 0.1) is 23.3 Å². The lowest BCUT2D eigenvalue weighted by atomic mass is 9.85. The molecular formula is C38H24O. The molecule has 7 aromatic carbocycles. The summed E-state index contributed by atoms with van der Waals surface area (Å²) in [4.78, 5) is 0. The van der Waals surface area contributed by atoms with Gasteiger partial charge in [0.2, 0.25) is 0 Å². The third kappa shape index (κ3) is 3.41. The van der Waals surface area contributed by atoms with Crippen LogP contribution in [-0.2, 0) is 0 Å². The lowest BCUT2D eigenvalue weighted by Crippen LogP contribution is -1.91. The van der Waals surface area contributed by atoms with Crippen LogP contribution in [0.1, 0.15) is 23.3 Å². The summed E-state index contributed by atoms with van der Waals surface area (Å²) in [5, 5.41) is -1.03. The summed E-state index contributed by atoms with van der Waals surface area (Å²) in [6, 6.07) is 0.204.